The third-order valence-electron chi connectivity index (χ3n) is 8.23. The van der Waals surface area contributed by atoms with Gasteiger partial charge in [0.1, 0.15) is 0 Å². The van der Waals surface area contributed by atoms with Crippen LogP contribution in [0.15, 0.2) is 24.3 Å². The number of amides is 2. The van der Waals surface area contributed by atoms with Gasteiger partial charge in [-0.2, -0.15) is 0 Å². The first-order valence-electron chi connectivity index (χ1n) is 16.0. The van der Waals surface area contributed by atoms with E-state index in [1.165, 1.54) is 116 Å². The Kier molecular flexibility index (Phi) is 19.8. The van der Waals surface area contributed by atoms with Crippen LogP contribution in [0, 0.1) is 5.92 Å². The first-order valence-corrected chi connectivity index (χ1v) is 16.0. The Hall–Kier alpha value is -1.25. The van der Waals surface area contributed by atoms with E-state index in [2.05, 4.69) is 62.2 Å². The van der Waals surface area contributed by atoms with E-state index in [1.54, 1.807) is 0 Å². The van der Waals surface area contributed by atoms with Gasteiger partial charge in [-0.1, -0.05) is 161 Å². The van der Waals surface area contributed by atoms with Gasteiger partial charge in [-0.3, -0.25) is 0 Å². The number of rotatable bonds is 23. The smallest absolute Gasteiger partial charge is 0.318 e. The predicted octanol–water partition coefficient (Wildman–Crippen LogP) is 10.4. The molecule has 0 aromatic carbocycles. The van der Waals surface area contributed by atoms with Crippen molar-refractivity contribution in [3.05, 3.63) is 24.3 Å². The maximum absolute atomic E-state index is 13.3. The van der Waals surface area contributed by atoms with Gasteiger partial charge in [0.2, 0.25) is 0 Å². The second-order valence-electron chi connectivity index (χ2n) is 11.5. The molecule has 0 spiro atoms. The van der Waals surface area contributed by atoms with Crippen LogP contribution in [0.4, 0.5) is 4.79 Å². The molecule has 0 bridgehead atoms. The monoisotopic (exact) mass is 502 g/mol. The second kappa shape index (κ2) is 21.8. The highest BCUT2D eigenvalue weighted by Crippen LogP contribution is 2.31. The molecule has 3 heteroatoms. The van der Waals surface area contributed by atoms with Crippen LogP contribution in [-0.2, 0) is 0 Å². The molecule has 0 saturated carbocycles. The Morgan fingerprint density at radius 3 is 1.61 bits per heavy atom. The summed E-state index contributed by atoms with van der Waals surface area (Å²) >= 11 is 0. The van der Waals surface area contributed by atoms with Crippen LogP contribution in [0.1, 0.15) is 156 Å². The van der Waals surface area contributed by atoms with E-state index < -0.39 is 0 Å². The minimum Gasteiger partial charge on any atom is -0.338 e. The molecule has 210 valence electrons. The minimum atomic E-state index is -0.240. The van der Waals surface area contributed by atoms with Gasteiger partial charge in [0, 0.05) is 19.0 Å². The lowest BCUT2D eigenvalue weighted by Gasteiger charge is -2.44. The van der Waals surface area contributed by atoms with Crippen LogP contribution in [0.25, 0.3) is 0 Å². The summed E-state index contributed by atoms with van der Waals surface area (Å²) in [5.41, 5.74) is -0.240. The van der Waals surface area contributed by atoms with Gasteiger partial charge in [0.15, 0.2) is 0 Å². The fourth-order valence-corrected chi connectivity index (χ4v) is 5.39. The second-order valence-corrected chi connectivity index (χ2v) is 11.5. The highest BCUT2D eigenvalue weighted by atomic mass is 16.2. The Morgan fingerprint density at radius 2 is 1.14 bits per heavy atom. The number of urea groups is 1. The first kappa shape index (κ1) is 32.8. The van der Waals surface area contributed by atoms with Crippen molar-refractivity contribution in [1.82, 2.24) is 10.2 Å². The molecule has 2 atom stereocenters. The summed E-state index contributed by atoms with van der Waals surface area (Å²) < 4.78 is 0. The summed E-state index contributed by atoms with van der Waals surface area (Å²) in [7, 11) is 0. The Morgan fingerprint density at radius 1 is 0.694 bits per heavy atom. The number of nitrogens with one attached hydrogen (secondary N) is 1. The Bertz CT molecular complexity index is 584. The number of allylic oxidation sites excluding steroid dienone is 2. The highest BCUT2D eigenvalue weighted by Gasteiger charge is 2.37. The molecule has 0 heterocycles. The van der Waals surface area contributed by atoms with E-state index in [0.717, 1.165) is 25.9 Å². The third kappa shape index (κ3) is 14.5. The largest absolute Gasteiger partial charge is 0.338 e. The van der Waals surface area contributed by atoms with E-state index in [1.807, 2.05) is 0 Å². The molecule has 2 unspecified atom stereocenters. The van der Waals surface area contributed by atoms with Gasteiger partial charge in [-0.15, -0.1) is 0 Å². The number of hydrogen-bond acceptors (Lipinski definition) is 1. The summed E-state index contributed by atoms with van der Waals surface area (Å²) in [6, 6.07) is 0.121. The predicted molar refractivity (Wildman–Crippen MR) is 160 cm³/mol. The molecule has 1 rings (SSSR count). The number of unbranched alkanes of at least 4 members (excludes halogenated alkanes) is 18. The lowest BCUT2D eigenvalue weighted by atomic mass is 9.82. The topological polar surface area (TPSA) is 32.3 Å². The fourth-order valence-electron chi connectivity index (χ4n) is 5.39. The van der Waals surface area contributed by atoms with Crippen LogP contribution in [0.2, 0.25) is 0 Å². The van der Waals surface area contributed by atoms with Gasteiger partial charge >= 0.3 is 6.03 Å². The van der Waals surface area contributed by atoms with E-state index >= 15 is 0 Å². The maximum Gasteiger partial charge on any atom is 0.318 e. The standard InChI is InChI=1S/C33H62N2O/c1-5-7-9-11-13-15-17-19-21-25-29-34-32(36)35(33(4)28-24-23-27-31(33)3)30-26-22-20-18-16-14-12-10-8-6-2/h23-24,27-28,31H,5-22,25-26,29-30H2,1-4H3,(H,34,36). The van der Waals surface area contributed by atoms with Crippen molar-refractivity contribution in [3.63, 3.8) is 0 Å². The zero-order valence-electron chi connectivity index (χ0n) is 24.8. The minimum absolute atomic E-state index is 0.121. The highest BCUT2D eigenvalue weighted by molar-refractivity contribution is 5.75. The quantitative estimate of drug-likeness (QED) is 0.138. The molecule has 2 amide bonds. The number of carbonyl (C=O) groups excluding carboxylic acids is 1. The molecule has 0 saturated heterocycles. The molecule has 0 fully saturated rings. The third-order valence-corrected chi connectivity index (χ3v) is 8.23. The van der Waals surface area contributed by atoms with Crippen molar-refractivity contribution in [2.45, 2.75) is 162 Å². The summed E-state index contributed by atoms with van der Waals surface area (Å²) in [6.45, 7) is 10.7. The number of nitrogens with zero attached hydrogens (tertiary/aromatic N) is 1. The van der Waals surface area contributed by atoms with Gasteiger partial charge in [0.05, 0.1) is 5.54 Å². The summed E-state index contributed by atoms with van der Waals surface area (Å²) in [4.78, 5) is 15.4. The molecule has 0 aromatic rings. The lowest BCUT2D eigenvalue weighted by Crippen LogP contribution is -2.56. The zero-order valence-corrected chi connectivity index (χ0v) is 24.8. The average molecular weight is 503 g/mol. The van der Waals surface area contributed by atoms with E-state index in [0.29, 0.717) is 5.92 Å². The maximum atomic E-state index is 13.3. The number of carbonyl (C=O) groups is 1. The molecule has 3 nitrogen and oxygen atoms in total. The van der Waals surface area contributed by atoms with Crippen molar-refractivity contribution in [2.24, 2.45) is 5.92 Å². The number of hydrogen-bond donors (Lipinski definition) is 1. The zero-order chi connectivity index (χ0) is 26.3. The van der Waals surface area contributed by atoms with Crippen molar-refractivity contribution in [1.29, 1.82) is 0 Å². The fraction of sp³-hybridized carbons (Fsp3) is 0.848. The van der Waals surface area contributed by atoms with E-state index in [9.17, 15) is 4.79 Å². The van der Waals surface area contributed by atoms with Gasteiger partial charge in [-0.25, -0.2) is 4.79 Å². The normalized spacial score (nSPS) is 19.1. The van der Waals surface area contributed by atoms with Crippen molar-refractivity contribution < 1.29 is 4.79 Å². The van der Waals surface area contributed by atoms with Gasteiger partial charge < -0.3 is 10.2 Å². The molecule has 0 aliphatic heterocycles. The molecule has 0 radical (unpaired) electrons. The van der Waals surface area contributed by atoms with Crippen LogP contribution in [0.5, 0.6) is 0 Å². The van der Waals surface area contributed by atoms with E-state index in [4.69, 9.17) is 0 Å². The van der Waals surface area contributed by atoms with Gasteiger partial charge in [0.25, 0.3) is 0 Å². The summed E-state index contributed by atoms with van der Waals surface area (Å²) in [5, 5.41) is 3.27. The molecule has 0 aromatic heterocycles. The summed E-state index contributed by atoms with van der Waals surface area (Å²) in [6.07, 6.45) is 35.2. The SMILES string of the molecule is CCCCCCCCCCCCNC(=O)N(CCCCCCCCCCCC)C1(C)C=CC=CC1C. The van der Waals surface area contributed by atoms with Crippen LogP contribution < -0.4 is 5.32 Å². The molecule has 36 heavy (non-hydrogen) atoms. The Labute approximate surface area is 226 Å². The lowest BCUT2D eigenvalue weighted by molar-refractivity contribution is 0.126. The molecule has 1 N–H and O–H groups in total. The van der Waals surface area contributed by atoms with Crippen molar-refractivity contribution in [2.75, 3.05) is 13.1 Å². The summed E-state index contributed by atoms with van der Waals surface area (Å²) in [5.74, 6) is 0.327. The van der Waals surface area contributed by atoms with E-state index in [-0.39, 0.29) is 11.6 Å². The molecule has 1 aliphatic carbocycles. The molecular formula is C33H62N2O. The van der Waals surface area contributed by atoms with Crippen LogP contribution in [-0.4, -0.2) is 29.6 Å². The first-order chi connectivity index (χ1) is 17.6. The van der Waals surface area contributed by atoms with Crippen molar-refractivity contribution >= 4 is 6.03 Å². The molecule has 1 aliphatic rings. The van der Waals surface area contributed by atoms with Crippen molar-refractivity contribution in [3.8, 4) is 0 Å². The van der Waals surface area contributed by atoms with Crippen LogP contribution >= 0.6 is 0 Å². The van der Waals surface area contributed by atoms with Gasteiger partial charge in [-0.05, 0) is 19.8 Å². The Balaban J connectivity index is 2.31. The average Bonchev–Trinajstić information content (AvgIpc) is 2.87. The molecular weight excluding hydrogens is 440 g/mol. The van der Waals surface area contributed by atoms with Crippen LogP contribution in [0.3, 0.4) is 0 Å².